The summed E-state index contributed by atoms with van der Waals surface area (Å²) in [5.41, 5.74) is 4.31. The first-order chi connectivity index (χ1) is 13.0. The van der Waals surface area contributed by atoms with Gasteiger partial charge in [0, 0.05) is 37.4 Å². The lowest BCUT2D eigenvalue weighted by Crippen LogP contribution is -2.39. The fraction of sp³-hybridized carbons (Fsp3) is 0.545. The molecule has 1 atom stereocenters. The quantitative estimate of drug-likeness (QED) is 0.817. The van der Waals surface area contributed by atoms with Crippen LogP contribution in [0.5, 0.6) is 0 Å². The third-order valence-electron chi connectivity index (χ3n) is 5.49. The first-order valence-electron chi connectivity index (χ1n) is 10.0. The van der Waals surface area contributed by atoms with E-state index in [0.29, 0.717) is 17.7 Å². The molecule has 1 amide bonds. The van der Waals surface area contributed by atoms with Gasteiger partial charge in [0.25, 0.3) is 5.91 Å². The number of aryl methyl sites for hydroxylation is 2. The average Bonchev–Trinajstić information content (AvgIpc) is 3.04. The third kappa shape index (κ3) is 4.59. The van der Waals surface area contributed by atoms with Gasteiger partial charge in [-0.2, -0.15) is 5.10 Å². The Hall–Kier alpha value is -2.14. The summed E-state index contributed by atoms with van der Waals surface area (Å²) in [7, 11) is 3.89. The van der Waals surface area contributed by atoms with Crippen LogP contribution in [-0.4, -0.2) is 47.3 Å². The number of benzene rings is 1. The second kappa shape index (κ2) is 8.70. The van der Waals surface area contributed by atoms with Crippen LogP contribution in [0, 0.1) is 5.92 Å². The lowest BCUT2D eigenvalue weighted by atomic mass is 9.90. The van der Waals surface area contributed by atoms with Crippen LogP contribution < -0.4 is 5.32 Å². The van der Waals surface area contributed by atoms with Gasteiger partial charge in [-0.1, -0.05) is 44.2 Å². The molecular formula is C22H32N4O. The van der Waals surface area contributed by atoms with Crippen LogP contribution in [0.25, 0.3) is 0 Å². The summed E-state index contributed by atoms with van der Waals surface area (Å²) in [5, 5.41) is 7.48. The van der Waals surface area contributed by atoms with Gasteiger partial charge in [0.2, 0.25) is 0 Å². The third-order valence-corrected chi connectivity index (χ3v) is 5.49. The maximum Gasteiger partial charge on any atom is 0.271 e. The second-order valence-corrected chi connectivity index (χ2v) is 8.04. The highest BCUT2D eigenvalue weighted by atomic mass is 16.1. The summed E-state index contributed by atoms with van der Waals surface area (Å²) in [6, 6.07) is 10.9. The molecule has 1 aromatic heterocycles. The van der Waals surface area contributed by atoms with E-state index in [2.05, 4.69) is 60.1 Å². The van der Waals surface area contributed by atoms with Crippen LogP contribution in [0.1, 0.15) is 47.6 Å². The lowest BCUT2D eigenvalue weighted by molar-refractivity contribution is 0.0955. The lowest BCUT2D eigenvalue weighted by Gasteiger charge is -2.32. The molecule has 5 nitrogen and oxygen atoms in total. The Bertz CT molecular complexity index is 766. The molecule has 3 rings (SSSR count). The van der Waals surface area contributed by atoms with E-state index < -0.39 is 0 Å². The SMILES string of the molecule is CNC(=O)c1nn(CCc2ccccc2)c2c1CC(N(C)CC(C)C)CC2. The van der Waals surface area contributed by atoms with Crippen molar-refractivity contribution in [3.8, 4) is 0 Å². The number of aromatic nitrogens is 2. The van der Waals surface area contributed by atoms with E-state index in [1.807, 2.05) is 6.07 Å². The summed E-state index contributed by atoms with van der Waals surface area (Å²) >= 11 is 0. The maximum atomic E-state index is 12.4. The van der Waals surface area contributed by atoms with Gasteiger partial charge in [-0.15, -0.1) is 0 Å². The van der Waals surface area contributed by atoms with Crippen molar-refractivity contribution in [2.24, 2.45) is 5.92 Å². The van der Waals surface area contributed by atoms with Crippen LogP contribution in [0.15, 0.2) is 30.3 Å². The Balaban J connectivity index is 1.81. The Morgan fingerprint density at radius 1 is 1.33 bits per heavy atom. The molecule has 1 N–H and O–H groups in total. The first-order valence-corrected chi connectivity index (χ1v) is 10.0. The minimum absolute atomic E-state index is 0.0723. The molecule has 0 bridgehead atoms. The monoisotopic (exact) mass is 368 g/mol. The Labute approximate surface area is 162 Å². The molecule has 5 heteroatoms. The normalized spacial score (nSPS) is 16.6. The van der Waals surface area contributed by atoms with E-state index in [1.165, 1.54) is 11.3 Å². The van der Waals surface area contributed by atoms with Gasteiger partial charge in [-0.25, -0.2) is 0 Å². The number of carbonyl (C=O) groups is 1. The molecule has 1 heterocycles. The van der Waals surface area contributed by atoms with Gasteiger partial charge in [-0.3, -0.25) is 9.48 Å². The molecule has 0 saturated heterocycles. The summed E-state index contributed by atoms with van der Waals surface area (Å²) in [5.74, 6) is 0.570. The molecule has 1 unspecified atom stereocenters. The zero-order chi connectivity index (χ0) is 19.4. The van der Waals surface area contributed by atoms with E-state index in [0.717, 1.165) is 44.3 Å². The van der Waals surface area contributed by atoms with Crippen LogP contribution >= 0.6 is 0 Å². The van der Waals surface area contributed by atoms with E-state index in [-0.39, 0.29) is 5.91 Å². The second-order valence-electron chi connectivity index (χ2n) is 8.04. The smallest absolute Gasteiger partial charge is 0.271 e. The van der Waals surface area contributed by atoms with Crippen molar-refractivity contribution < 1.29 is 4.79 Å². The highest BCUT2D eigenvalue weighted by Crippen LogP contribution is 2.28. The largest absolute Gasteiger partial charge is 0.354 e. The van der Waals surface area contributed by atoms with Crippen molar-refractivity contribution in [2.45, 2.75) is 52.1 Å². The predicted molar refractivity (Wildman–Crippen MR) is 109 cm³/mol. The molecule has 0 radical (unpaired) electrons. The minimum Gasteiger partial charge on any atom is -0.354 e. The van der Waals surface area contributed by atoms with Gasteiger partial charge in [-0.05, 0) is 44.2 Å². The van der Waals surface area contributed by atoms with Crippen LogP contribution in [0.4, 0.5) is 0 Å². The van der Waals surface area contributed by atoms with Crippen molar-refractivity contribution in [1.82, 2.24) is 20.0 Å². The molecule has 1 aliphatic rings. The molecule has 1 aliphatic carbocycles. The summed E-state index contributed by atoms with van der Waals surface area (Å²) in [4.78, 5) is 14.9. The van der Waals surface area contributed by atoms with E-state index >= 15 is 0 Å². The van der Waals surface area contributed by atoms with Crippen LogP contribution in [0.2, 0.25) is 0 Å². The highest BCUT2D eigenvalue weighted by Gasteiger charge is 2.30. The number of carbonyl (C=O) groups excluding carboxylic acids is 1. The summed E-state index contributed by atoms with van der Waals surface area (Å²) < 4.78 is 2.07. The number of amides is 1. The van der Waals surface area contributed by atoms with Crippen molar-refractivity contribution in [2.75, 3.05) is 20.6 Å². The number of fused-ring (bicyclic) bond motifs is 1. The summed E-state index contributed by atoms with van der Waals surface area (Å²) in [6.45, 7) is 6.40. The molecule has 0 fully saturated rings. The Kier molecular flexibility index (Phi) is 6.32. The fourth-order valence-corrected chi connectivity index (χ4v) is 4.14. The number of nitrogens with zero attached hydrogens (tertiary/aromatic N) is 3. The first kappa shape index (κ1) is 19.6. The number of hydrogen-bond donors (Lipinski definition) is 1. The highest BCUT2D eigenvalue weighted by molar-refractivity contribution is 5.93. The maximum absolute atomic E-state index is 12.4. The molecule has 146 valence electrons. The molecule has 0 spiro atoms. The van der Waals surface area contributed by atoms with Gasteiger partial charge < -0.3 is 10.2 Å². The molecular weight excluding hydrogens is 336 g/mol. The van der Waals surface area contributed by atoms with Crippen LogP contribution in [-0.2, 0) is 25.8 Å². The number of hydrogen-bond acceptors (Lipinski definition) is 3. The number of rotatable bonds is 7. The number of nitrogens with one attached hydrogen (secondary N) is 1. The Morgan fingerprint density at radius 3 is 2.74 bits per heavy atom. The standard InChI is InChI=1S/C22H32N4O/c1-16(2)15-25(4)18-10-11-20-19(14-18)21(22(27)23-3)24-26(20)13-12-17-8-6-5-7-9-17/h5-9,16,18H,10-15H2,1-4H3,(H,23,27). The van der Waals surface area contributed by atoms with Crippen molar-refractivity contribution in [3.05, 3.63) is 52.8 Å². The molecule has 2 aromatic rings. The van der Waals surface area contributed by atoms with E-state index in [1.54, 1.807) is 7.05 Å². The van der Waals surface area contributed by atoms with Gasteiger partial charge in [0.05, 0.1) is 0 Å². The van der Waals surface area contributed by atoms with Gasteiger partial charge in [0.15, 0.2) is 5.69 Å². The van der Waals surface area contributed by atoms with Gasteiger partial charge >= 0.3 is 0 Å². The molecule has 27 heavy (non-hydrogen) atoms. The number of likely N-dealkylation sites (N-methyl/N-ethyl adjacent to an activating group) is 1. The van der Waals surface area contributed by atoms with Crippen LogP contribution in [0.3, 0.4) is 0 Å². The van der Waals surface area contributed by atoms with E-state index in [4.69, 9.17) is 5.10 Å². The van der Waals surface area contributed by atoms with Crippen molar-refractivity contribution >= 4 is 5.91 Å². The molecule has 1 aromatic carbocycles. The minimum atomic E-state index is -0.0723. The molecule has 0 saturated carbocycles. The molecule has 0 aliphatic heterocycles. The van der Waals surface area contributed by atoms with Crippen molar-refractivity contribution in [1.29, 1.82) is 0 Å². The fourth-order valence-electron chi connectivity index (χ4n) is 4.14. The van der Waals surface area contributed by atoms with E-state index in [9.17, 15) is 4.79 Å². The van der Waals surface area contributed by atoms with Gasteiger partial charge in [0.1, 0.15) is 0 Å². The summed E-state index contributed by atoms with van der Waals surface area (Å²) in [6.07, 6.45) is 3.95. The Morgan fingerprint density at radius 2 is 2.07 bits per heavy atom. The predicted octanol–water partition coefficient (Wildman–Crippen LogP) is 2.93. The van der Waals surface area contributed by atoms with Crippen molar-refractivity contribution in [3.63, 3.8) is 0 Å². The topological polar surface area (TPSA) is 50.2 Å². The average molecular weight is 369 g/mol. The zero-order valence-corrected chi connectivity index (χ0v) is 17.0. The zero-order valence-electron chi connectivity index (χ0n) is 17.0.